The van der Waals surface area contributed by atoms with Crippen molar-refractivity contribution in [1.29, 1.82) is 0 Å². The maximum Gasteiger partial charge on any atom is 0.193 e. The minimum atomic E-state index is 0. The van der Waals surface area contributed by atoms with Gasteiger partial charge in [-0.1, -0.05) is 20.8 Å². The summed E-state index contributed by atoms with van der Waals surface area (Å²) in [5.41, 5.74) is 0. The monoisotopic (exact) mass is 465 g/mol. The fourth-order valence-corrected chi connectivity index (χ4v) is 3.76. The highest BCUT2D eigenvalue weighted by Gasteiger charge is 2.19. The van der Waals surface area contributed by atoms with E-state index in [0.717, 1.165) is 57.4 Å². The van der Waals surface area contributed by atoms with Crippen LogP contribution in [0.15, 0.2) is 11.2 Å². The number of nitrogens with one attached hydrogen (secondary N) is 1. The fourth-order valence-electron chi connectivity index (χ4n) is 2.90. The van der Waals surface area contributed by atoms with Crippen LogP contribution < -0.4 is 5.32 Å². The van der Waals surface area contributed by atoms with Gasteiger partial charge in [0.05, 0.1) is 5.01 Å². The van der Waals surface area contributed by atoms with Gasteiger partial charge in [-0.05, 0) is 12.3 Å². The summed E-state index contributed by atoms with van der Waals surface area (Å²) >= 11 is 1.82. The Morgan fingerprint density at radius 3 is 2.58 bits per heavy atom. The second kappa shape index (κ2) is 11.3. The summed E-state index contributed by atoms with van der Waals surface area (Å²) in [6, 6.07) is 0. The molecule has 0 amide bonds. The van der Waals surface area contributed by atoms with Crippen LogP contribution in [0, 0.1) is 5.92 Å². The number of thiazole rings is 1. The molecule has 2 rings (SSSR count). The lowest BCUT2D eigenvalue weighted by Crippen LogP contribution is -2.53. The first kappa shape index (κ1) is 21.6. The van der Waals surface area contributed by atoms with Crippen LogP contribution in [-0.2, 0) is 12.8 Å². The molecule has 0 aromatic carbocycles. The number of nitrogens with zero attached hydrogens (tertiary/aromatic N) is 4. The molecule has 0 bridgehead atoms. The van der Waals surface area contributed by atoms with E-state index in [1.165, 1.54) is 16.4 Å². The predicted molar refractivity (Wildman–Crippen MR) is 115 cm³/mol. The summed E-state index contributed by atoms with van der Waals surface area (Å²) in [4.78, 5) is 15.2. The molecule has 7 heteroatoms. The highest BCUT2D eigenvalue weighted by Crippen LogP contribution is 2.13. The SMILES string of the molecule is CCc1cnc(CCNC(=NC)N2CCN(CC(C)C)CC2)s1.I. The Morgan fingerprint density at radius 1 is 1.33 bits per heavy atom. The molecule has 0 radical (unpaired) electrons. The second-order valence-corrected chi connectivity index (χ2v) is 7.68. The molecule has 0 aliphatic carbocycles. The summed E-state index contributed by atoms with van der Waals surface area (Å²) in [6.07, 6.45) is 4.05. The molecule has 1 aromatic rings. The standard InChI is InChI=1S/C17H31N5S.HI/c1-5-15-12-20-16(23-15)6-7-19-17(18-4)22-10-8-21(9-11-22)13-14(2)3;/h12,14H,5-11,13H2,1-4H3,(H,18,19);1H. The highest BCUT2D eigenvalue weighted by atomic mass is 127. The van der Waals surface area contributed by atoms with E-state index in [9.17, 15) is 0 Å². The van der Waals surface area contributed by atoms with Crippen molar-refractivity contribution < 1.29 is 0 Å². The number of hydrogen-bond acceptors (Lipinski definition) is 4. The molecule has 138 valence electrons. The van der Waals surface area contributed by atoms with Gasteiger partial charge in [-0.3, -0.25) is 9.89 Å². The van der Waals surface area contributed by atoms with Gasteiger partial charge in [-0.25, -0.2) is 4.98 Å². The normalized spacial score (nSPS) is 16.4. The maximum atomic E-state index is 4.48. The first-order chi connectivity index (χ1) is 11.1. The molecule has 0 saturated carbocycles. The van der Waals surface area contributed by atoms with E-state index in [0.29, 0.717) is 0 Å². The molecular weight excluding hydrogens is 433 g/mol. The molecule has 2 heterocycles. The minimum Gasteiger partial charge on any atom is -0.356 e. The Labute approximate surface area is 168 Å². The van der Waals surface area contributed by atoms with Crippen molar-refractivity contribution in [2.75, 3.05) is 46.3 Å². The molecule has 24 heavy (non-hydrogen) atoms. The zero-order valence-corrected chi connectivity index (χ0v) is 18.6. The van der Waals surface area contributed by atoms with Crippen LogP contribution in [0.4, 0.5) is 0 Å². The van der Waals surface area contributed by atoms with Gasteiger partial charge in [-0.2, -0.15) is 0 Å². The highest BCUT2D eigenvalue weighted by molar-refractivity contribution is 14.0. The minimum absolute atomic E-state index is 0. The molecule has 0 atom stereocenters. The van der Waals surface area contributed by atoms with Gasteiger partial charge in [-0.15, -0.1) is 35.3 Å². The lowest BCUT2D eigenvalue weighted by molar-refractivity contribution is 0.164. The summed E-state index contributed by atoms with van der Waals surface area (Å²) < 4.78 is 0. The Kier molecular flexibility index (Phi) is 10.1. The molecule has 1 fully saturated rings. The lowest BCUT2D eigenvalue weighted by Gasteiger charge is -2.37. The third-order valence-corrected chi connectivity index (χ3v) is 5.28. The van der Waals surface area contributed by atoms with E-state index in [-0.39, 0.29) is 24.0 Å². The van der Waals surface area contributed by atoms with Gasteiger partial charge >= 0.3 is 0 Å². The Morgan fingerprint density at radius 2 is 2.04 bits per heavy atom. The average Bonchev–Trinajstić information content (AvgIpc) is 3.00. The van der Waals surface area contributed by atoms with Crippen molar-refractivity contribution >= 4 is 41.3 Å². The smallest absolute Gasteiger partial charge is 0.193 e. The largest absolute Gasteiger partial charge is 0.356 e. The van der Waals surface area contributed by atoms with Crippen molar-refractivity contribution in [3.05, 3.63) is 16.1 Å². The van der Waals surface area contributed by atoms with Crippen LogP contribution >= 0.6 is 35.3 Å². The number of halogens is 1. The molecule has 1 saturated heterocycles. The molecule has 5 nitrogen and oxygen atoms in total. The summed E-state index contributed by atoms with van der Waals surface area (Å²) in [6.45, 7) is 13.2. The molecule has 1 N–H and O–H groups in total. The third-order valence-electron chi connectivity index (χ3n) is 4.08. The quantitative estimate of drug-likeness (QED) is 0.399. The lowest BCUT2D eigenvalue weighted by atomic mass is 10.2. The van der Waals surface area contributed by atoms with Crippen LogP contribution in [0.25, 0.3) is 0 Å². The van der Waals surface area contributed by atoms with E-state index < -0.39 is 0 Å². The first-order valence-corrected chi connectivity index (χ1v) is 9.55. The maximum absolute atomic E-state index is 4.48. The molecule has 1 aliphatic heterocycles. The van der Waals surface area contributed by atoms with Crippen molar-refractivity contribution in [2.24, 2.45) is 10.9 Å². The van der Waals surface area contributed by atoms with E-state index in [1.807, 2.05) is 24.6 Å². The van der Waals surface area contributed by atoms with E-state index in [1.54, 1.807) is 0 Å². The van der Waals surface area contributed by atoms with Gasteiger partial charge < -0.3 is 10.2 Å². The van der Waals surface area contributed by atoms with Crippen LogP contribution in [0.3, 0.4) is 0 Å². The van der Waals surface area contributed by atoms with E-state index >= 15 is 0 Å². The number of aryl methyl sites for hydroxylation is 1. The third kappa shape index (κ3) is 6.84. The van der Waals surface area contributed by atoms with Crippen LogP contribution in [0.2, 0.25) is 0 Å². The molecule has 0 spiro atoms. The molecule has 0 unspecified atom stereocenters. The topological polar surface area (TPSA) is 43.8 Å². The van der Waals surface area contributed by atoms with Crippen molar-refractivity contribution in [3.63, 3.8) is 0 Å². The van der Waals surface area contributed by atoms with Crippen molar-refractivity contribution in [2.45, 2.75) is 33.6 Å². The number of rotatable bonds is 6. The Bertz CT molecular complexity index is 495. The Balaban J connectivity index is 0.00000288. The second-order valence-electron chi connectivity index (χ2n) is 6.48. The van der Waals surface area contributed by atoms with Crippen LogP contribution in [0.5, 0.6) is 0 Å². The van der Waals surface area contributed by atoms with E-state index in [2.05, 4.69) is 45.9 Å². The van der Waals surface area contributed by atoms with Gasteiger partial charge in [0.1, 0.15) is 0 Å². The molecular formula is C17H32IN5S. The number of hydrogen-bond donors (Lipinski definition) is 1. The molecule has 1 aliphatic rings. The molecule has 1 aromatic heterocycles. The predicted octanol–water partition coefficient (Wildman–Crippen LogP) is 2.72. The van der Waals surface area contributed by atoms with Gasteiger partial charge in [0.25, 0.3) is 0 Å². The number of guanidine groups is 1. The first-order valence-electron chi connectivity index (χ1n) is 8.74. The Hall–Kier alpha value is -0.410. The average molecular weight is 465 g/mol. The van der Waals surface area contributed by atoms with Crippen molar-refractivity contribution in [3.8, 4) is 0 Å². The van der Waals surface area contributed by atoms with Crippen LogP contribution in [0.1, 0.15) is 30.7 Å². The van der Waals surface area contributed by atoms with Crippen LogP contribution in [-0.4, -0.2) is 67.1 Å². The zero-order valence-electron chi connectivity index (χ0n) is 15.4. The zero-order chi connectivity index (χ0) is 16.7. The van der Waals surface area contributed by atoms with Gasteiger partial charge in [0.2, 0.25) is 0 Å². The summed E-state index contributed by atoms with van der Waals surface area (Å²) in [5.74, 6) is 1.77. The van der Waals surface area contributed by atoms with Gasteiger partial charge in [0, 0.05) is 63.8 Å². The number of aromatic nitrogens is 1. The summed E-state index contributed by atoms with van der Waals surface area (Å²) in [5, 5.41) is 4.71. The number of aliphatic imine (C=N–C) groups is 1. The van der Waals surface area contributed by atoms with Gasteiger partial charge in [0.15, 0.2) is 5.96 Å². The number of piperazine rings is 1. The van der Waals surface area contributed by atoms with Crippen molar-refractivity contribution in [1.82, 2.24) is 20.1 Å². The fraction of sp³-hybridized carbons (Fsp3) is 0.765. The van der Waals surface area contributed by atoms with E-state index in [4.69, 9.17) is 0 Å². The summed E-state index contributed by atoms with van der Waals surface area (Å²) in [7, 11) is 1.88.